The number of ether oxygens (including phenoxy) is 1. The molecule has 4 nitrogen and oxygen atoms in total. The average molecular weight is 395 g/mol. The Bertz CT molecular complexity index is 750. The maximum Gasteiger partial charge on any atom is 0.266 e. The van der Waals surface area contributed by atoms with E-state index in [9.17, 15) is 8.78 Å². The third-order valence-corrected chi connectivity index (χ3v) is 5.99. The Balaban J connectivity index is 1.82. The van der Waals surface area contributed by atoms with Crippen LogP contribution in [0.1, 0.15) is 42.5 Å². The normalized spacial score (nSPS) is 16.6. The molecule has 1 fully saturated rings. The van der Waals surface area contributed by atoms with Gasteiger partial charge in [-0.15, -0.1) is 0 Å². The van der Waals surface area contributed by atoms with Crippen LogP contribution in [0.4, 0.5) is 8.78 Å². The Morgan fingerprint density at radius 3 is 2.52 bits per heavy atom. The van der Waals surface area contributed by atoms with Crippen molar-refractivity contribution < 1.29 is 13.5 Å². The van der Waals surface area contributed by atoms with Gasteiger partial charge < -0.3 is 10.1 Å². The lowest BCUT2D eigenvalue weighted by molar-refractivity contribution is -0.0513. The molecule has 27 heavy (non-hydrogen) atoms. The number of halogens is 2. The van der Waals surface area contributed by atoms with E-state index >= 15 is 0 Å². The first-order valence-corrected chi connectivity index (χ1v) is 9.97. The van der Waals surface area contributed by atoms with Crippen LogP contribution in [0.15, 0.2) is 30.3 Å². The number of alkyl halides is 2. The Morgan fingerprint density at radius 1 is 1.26 bits per heavy atom. The Morgan fingerprint density at radius 2 is 1.93 bits per heavy atom. The maximum absolute atomic E-state index is 14.4. The van der Waals surface area contributed by atoms with E-state index in [2.05, 4.69) is 10.4 Å². The van der Waals surface area contributed by atoms with Crippen molar-refractivity contribution in [3.8, 4) is 5.88 Å². The van der Waals surface area contributed by atoms with Gasteiger partial charge in [-0.25, -0.2) is 13.5 Å². The number of aryl methyl sites for hydroxylation is 1. The van der Waals surface area contributed by atoms with Crippen LogP contribution < -0.4 is 10.1 Å². The fraction of sp³-hybridized carbons (Fsp3) is 0.550. The molecule has 0 radical (unpaired) electrons. The van der Waals surface area contributed by atoms with Gasteiger partial charge in [-0.3, -0.25) is 0 Å². The highest BCUT2D eigenvalue weighted by molar-refractivity contribution is 7.18. The van der Waals surface area contributed by atoms with Crippen LogP contribution in [-0.2, 0) is 19.7 Å². The van der Waals surface area contributed by atoms with Crippen LogP contribution in [-0.4, -0.2) is 22.5 Å². The summed E-state index contributed by atoms with van der Waals surface area (Å²) in [5.74, 6) is 0.543. The van der Waals surface area contributed by atoms with Crippen molar-refractivity contribution in [3.05, 3.63) is 47.2 Å². The second kappa shape index (κ2) is 8.24. The van der Waals surface area contributed by atoms with Crippen LogP contribution in [0, 0.1) is 12.3 Å². The van der Waals surface area contributed by atoms with E-state index in [1.807, 2.05) is 44.3 Å². The van der Waals surface area contributed by atoms with Gasteiger partial charge in [-0.1, -0.05) is 51.9 Å². The van der Waals surface area contributed by atoms with E-state index < -0.39 is 11.1 Å². The van der Waals surface area contributed by atoms with Crippen LogP contribution in [0.5, 0.6) is 5.88 Å². The van der Waals surface area contributed by atoms with Crippen molar-refractivity contribution in [2.75, 3.05) is 7.05 Å². The zero-order valence-corrected chi connectivity index (χ0v) is 17.1. The summed E-state index contributed by atoms with van der Waals surface area (Å²) in [6, 6.07) is 9.93. The third-order valence-electron chi connectivity index (χ3n) is 5.38. The third kappa shape index (κ3) is 4.67. The summed E-state index contributed by atoms with van der Waals surface area (Å²) in [5, 5.41) is 7.59. The minimum atomic E-state index is -2.83. The van der Waals surface area contributed by atoms with Gasteiger partial charge in [-0.05, 0) is 32.4 Å². The van der Waals surface area contributed by atoms with E-state index in [0.717, 1.165) is 24.1 Å². The van der Waals surface area contributed by atoms with Crippen molar-refractivity contribution in [1.82, 2.24) is 15.1 Å². The lowest BCUT2D eigenvalue weighted by Gasteiger charge is -2.35. The zero-order chi connectivity index (χ0) is 19.5. The molecule has 0 amide bonds. The SMILES string of the molecule is CNCc1cc(OCc2ccc(C)cc2)n(CC2(C(F)(F)P)CCCC2)n1. The van der Waals surface area contributed by atoms with Gasteiger partial charge >= 0.3 is 0 Å². The second-order valence-corrected chi connectivity index (χ2v) is 8.27. The van der Waals surface area contributed by atoms with E-state index in [1.165, 1.54) is 5.56 Å². The Kier molecular flexibility index (Phi) is 6.17. The van der Waals surface area contributed by atoms with Crippen LogP contribution >= 0.6 is 9.24 Å². The number of hydrogen-bond acceptors (Lipinski definition) is 3. The predicted octanol–water partition coefficient (Wildman–Crippen LogP) is 4.52. The van der Waals surface area contributed by atoms with Gasteiger partial charge in [0.15, 0.2) is 0 Å². The molecule has 0 spiro atoms. The average Bonchev–Trinajstić information content (AvgIpc) is 3.23. The summed E-state index contributed by atoms with van der Waals surface area (Å²) < 4.78 is 36.4. The molecule has 1 N–H and O–H groups in total. The molecular formula is C20H28F2N3OP. The minimum absolute atomic E-state index is 0.163. The summed E-state index contributed by atoms with van der Waals surface area (Å²) in [6.07, 6.45) is 2.66. The first-order chi connectivity index (χ1) is 12.8. The quantitative estimate of drug-likeness (QED) is 0.668. The summed E-state index contributed by atoms with van der Waals surface area (Å²) in [6.45, 7) is 3.15. The number of rotatable bonds is 8. The number of benzene rings is 1. The summed E-state index contributed by atoms with van der Waals surface area (Å²) in [4.78, 5) is 0. The van der Waals surface area contributed by atoms with Crippen molar-refractivity contribution in [2.45, 2.75) is 58.0 Å². The highest BCUT2D eigenvalue weighted by Gasteiger charge is 2.52. The largest absolute Gasteiger partial charge is 0.473 e. The van der Waals surface area contributed by atoms with Gasteiger partial charge in [0.2, 0.25) is 5.88 Å². The molecule has 1 atom stereocenters. The molecule has 2 aromatic rings. The molecule has 1 heterocycles. The standard InChI is InChI=1S/C20H28F2N3OP/c1-15-5-7-16(8-6-15)13-26-18-11-17(12-23-2)24-25(18)14-19(20(21,22)27)9-3-4-10-19/h5-8,11,23H,3-4,9-10,12-14,27H2,1-2H3. The molecule has 0 bridgehead atoms. The van der Waals surface area contributed by atoms with E-state index in [4.69, 9.17) is 4.74 Å². The Hall–Kier alpha value is -1.52. The molecule has 1 saturated carbocycles. The summed E-state index contributed by atoms with van der Waals surface area (Å²) in [5.41, 5.74) is -0.895. The first kappa shape index (κ1) is 20.2. The van der Waals surface area contributed by atoms with Crippen LogP contribution in [0.25, 0.3) is 0 Å². The smallest absolute Gasteiger partial charge is 0.266 e. The highest BCUT2D eigenvalue weighted by atomic mass is 31.0. The highest BCUT2D eigenvalue weighted by Crippen LogP contribution is 2.54. The fourth-order valence-corrected chi connectivity index (χ4v) is 4.10. The van der Waals surface area contributed by atoms with E-state index in [0.29, 0.717) is 31.9 Å². The van der Waals surface area contributed by atoms with Gasteiger partial charge in [0, 0.05) is 12.6 Å². The molecule has 7 heteroatoms. The van der Waals surface area contributed by atoms with E-state index in [-0.39, 0.29) is 6.54 Å². The number of nitrogens with one attached hydrogen (secondary N) is 1. The summed E-state index contributed by atoms with van der Waals surface area (Å²) >= 11 is 0. The molecule has 0 saturated heterocycles. The zero-order valence-electron chi connectivity index (χ0n) is 16.0. The van der Waals surface area contributed by atoms with Crippen molar-refractivity contribution in [3.63, 3.8) is 0 Å². The molecule has 148 valence electrons. The molecule has 1 unspecified atom stereocenters. The molecule has 1 aromatic carbocycles. The summed E-state index contributed by atoms with van der Waals surface area (Å²) in [7, 11) is 3.59. The van der Waals surface area contributed by atoms with E-state index in [1.54, 1.807) is 13.9 Å². The van der Waals surface area contributed by atoms with Crippen molar-refractivity contribution in [2.24, 2.45) is 5.41 Å². The van der Waals surface area contributed by atoms with Gasteiger partial charge in [0.25, 0.3) is 5.66 Å². The predicted molar refractivity (Wildman–Crippen MR) is 106 cm³/mol. The lowest BCUT2D eigenvalue weighted by Crippen LogP contribution is -2.38. The van der Waals surface area contributed by atoms with Gasteiger partial charge in [0.05, 0.1) is 17.7 Å². The molecular weight excluding hydrogens is 367 g/mol. The first-order valence-electron chi connectivity index (χ1n) is 9.39. The number of hydrogen-bond donors (Lipinski definition) is 1. The molecule has 1 aliphatic carbocycles. The lowest BCUT2D eigenvalue weighted by atomic mass is 9.86. The fourth-order valence-electron chi connectivity index (χ4n) is 3.72. The molecule has 1 aliphatic rings. The minimum Gasteiger partial charge on any atom is -0.473 e. The molecule has 1 aromatic heterocycles. The topological polar surface area (TPSA) is 39.1 Å². The maximum atomic E-state index is 14.4. The van der Waals surface area contributed by atoms with Crippen molar-refractivity contribution in [1.29, 1.82) is 0 Å². The van der Waals surface area contributed by atoms with Crippen LogP contribution in [0.2, 0.25) is 0 Å². The Labute approximate surface area is 161 Å². The monoisotopic (exact) mass is 395 g/mol. The second-order valence-electron chi connectivity index (χ2n) is 7.55. The van der Waals surface area contributed by atoms with Gasteiger partial charge in [-0.2, -0.15) is 5.10 Å². The number of nitrogens with zero attached hydrogens (tertiary/aromatic N) is 2. The molecule has 0 aliphatic heterocycles. The van der Waals surface area contributed by atoms with Gasteiger partial charge in [0.1, 0.15) is 6.61 Å². The van der Waals surface area contributed by atoms with Crippen molar-refractivity contribution >= 4 is 9.24 Å². The molecule has 3 rings (SSSR count). The van der Waals surface area contributed by atoms with Crippen LogP contribution in [0.3, 0.4) is 0 Å². The number of aromatic nitrogens is 2.